The van der Waals surface area contributed by atoms with E-state index < -0.39 is 23.9 Å². The van der Waals surface area contributed by atoms with Crippen molar-refractivity contribution in [1.82, 2.24) is 0 Å². The van der Waals surface area contributed by atoms with Gasteiger partial charge in [-0.25, -0.2) is 19.2 Å². The third kappa shape index (κ3) is 13.0. The lowest BCUT2D eigenvalue weighted by atomic mass is 9.70. The largest absolute Gasteiger partial charge is 0.493 e. The highest BCUT2D eigenvalue weighted by Crippen LogP contribution is 2.55. The molecule has 13 heteroatoms. The zero-order valence-corrected chi connectivity index (χ0v) is 55.6. The summed E-state index contributed by atoms with van der Waals surface area (Å²) >= 11 is 1.72. The van der Waals surface area contributed by atoms with Crippen molar-refractivity contribution in [2.75, 3.05) is 28.4 Å². The van der Waals surface area contributed by atoms with Crippen molar-refractivity contribution in [3.05, 3.63) is 221 Å². The highest BCUT2D eigenvalue weighted by atomic mass is 32.1. The van der Waals surface area contributed by atoms with E-state index in [4.69, 9.17) is 37.9 Å². The molecule has 0 spiro atoms. The Morgan fingerprint density at radius 3 is 1.13 bits per heavy atom. The van der Waals surface area contributed by atoms with Crippen molar-refractivity contribution in [2.45, 2.75) is 141 Å². The third-order valence-electron chi connectivity index (χ3n) is 18.9. The maximum absolute atomic E-state index is 13.5. The average Bonchev–Trinajstić information content (AvgIpc) is 1.59. The zero-order valence-electron chi connectivity index (χ0n) is 54.7. The van der Waals surface area contributed by atoms with Gasteiger partial charge in [-0.3, -0.25) is 0 Å². The molecule has 1 aliphatic carbocycles. The maximum atomic E-state index is 13.5. The number of hydrogen-bond donors (Lipinski definition) is 0. The third-order valence-corrected chi connectivity index (χ3v) is 20.0. The Balaban J connectivity index is 0.000000238. The van der Waals surface area contributed by atoms with E-state index in [1.807, 2.05) is 62.4 Å². The Hall–Kier alpha value is -9.98. The fourth-order valence-corrected chi connectivity index (χ4v) is 15.2. The summed E-state index contributed by atoms with van der Waals surface area (Å²) in [4.78, 5) is 55.1. The first-order valence-corrected chi connectivity index (χ1v) is 33.1. The number of unbranched alkanes of at least 4 members (excludes halogenated alkanes) is 6. The molecule has 5 aliphatic rings. The molecule has 9 aromatic rings. The van der Waals surface area contributed by atoms with Gasteiger partial charge in [0, 0.05) is 36.0 Å². The number of fused-ring (bicyclic) bond motifs is 7. The predicted octanol–water partition coefficient (Wildman–Crippen LogP) is 17.3. The van der Waals surface area contributed by atoms with Gasteiger partial charge in [-0.15, -0.1) is 11.3 Å². The molecule has 0 N–H and O–H groups in total. The van der Waals surface area contributed by atoms with Crippen LogP contribution in [0.25, 0.3) is 55.0 Å². The van der Waals surface area contributed by atoms with Gasteiger partial charge in [-0.1, -0.05) is 179 Å². The molecule has 1 aromatic heterocycles. The Bertz CT molecular complexity index is 4860. The quantitative estimate of drug-likeness (QED) is 0.0407. The SMILES string of the molecule is C.C.C.C.CCCCCCC1(CCCCCC)c2cc(C)ccc2-c2ccc(-c3ccc(C4=c5cc6c(cc5OC4=O)=C(c4cc(C)c(OC)c(OC)c4)C(=O)O6)cc3)cc21.COc1cc(C2=c3cc4c(cc3OC2=O)=C(c2ccc(-c3ccc(C)s3)cc2)C(=O)O4)cc(C)c1OC. The summed E-state index contributed by atoms with van der Waals surface area (Å²) in [6, 6.07) is 48.4. The monoisotopic (exact) mass is 1330 g/mol. The van der Waals surface area contributed by atoms with Crippen LogP contribution in [0.5, 0.6) is 46.0 Å². The topological polar surface area (TPSA) is 142 Å². The molecule has 98 heavy (non-hydrogen) atoms. The van der Waals surface area contributed by atoms with E-state index in [1.165, 1.54) is 94.5 Å². The number of carbonyl (C=O) groups is 4. The maximum Gasteiger partial charge on any atom is 0.344 e. The molecular formula is C85H90O12S. The molecule has 4 aliphatic heterocycles. The Morgan fingerprint density at radius 1 is 0.367 bits per heavy atom. The van der Waals surface area contributed by atoms with E-state index in [9.17, 15) is 19.2 Å². The van der Waals surface area contributed by atoms with Crippen molar-refractivity contribution in [3.63, 3.8) is 0 Å². The normalized spacial score (nSPS) is 13.7. The van der Waals surface area contributed by atoms with Crippen molar-refractivity contribution in [1.29, 1.82) is 0 Å². The minimum Gasteiger partial charge on any atom is -0.493 e. The summed E-state index contributed by atoms with van der Waals surface area (Å²) in [7, 11) is 6.26. The minimum absolute atomic E-state index is 0. The first-order valence-electron chi connectivity index (χ1n) is 32.3. The first-order chi connectivity index (χ1) is 45.6. The van der Waals surface area contributed by atoms with E-state index in [2.05, 4.69) is 88.4 Å². The number of thiophene rings is 1. The Kier molecular flexibility index (Phi) is 22.0. The van der Waals surface area contributed by atoms with E-state index in [-0.39, 0.29) is 35.1 Å². The summed E-state index contributed by atoms with van der Waals surface area (Å²) in [5.41, 5.74) is 16.4. The van der Waals surface area contributed by atoms with Gasteiger partial charge in [0.15, 0.2) is 23.0 Å². The number of aryl methyl sites for hydroxylation is 4. The van der Waals surface area contributed by atoms with Crippen LogP contribution in [0.3, 0.4) is 0 Å². The number of benzene rings is 8. The average molecular weight is 1340 g/mol. The molecular weight excluding hydrogens is 1240 g/mol. The van der Waals surface area contributed by atoms with Gasteiger partial charge < -0.3 is 37.9 Å². The van der Waals surface area contributed by atoms with Gasteiger partial charge in [0.25, 0.3) is 0 Å². The molecule has 0 saturated heterocycles. The fourth-order valence-electron chi connectivity index (χ4n) is 14.4. The molecule has 0 unspecified atom stereocenters. The van der Waals surface area contributed by atoms with Gasteiger partial charge in [0.05, 0.1) is 50.7 Å². The van der Waals surface area contributed by atoms with Crippen LogP contribution in [0.1, 0.15) is 163 Å². The van der Waals surface area contributed by atoms with Crippen LogP contribution >= 0.6 is 11.3 Å². The summed E-state index contributed by atoms with van der Waals surface area (Å²) in [6.07, 6.45) is 12.3. The van der Waals surface area contributed by atoms with E-state index in [0.29, 0.717) is 100 Å². The lowest BCUT2D eigenvalue weighted by molar-refractivity contribution is -0.128. The fraction of sp³-hybridized carbons (Fsp3) is 0.294. The highest BCUT2D eigenvalue weighted by molar-refractivity contribution is 7.15. The van der Waals surface area contributed by atoms with Gasteiger partial charge in [0.1, 0.15) is 23.0 Å². The summed E-state index contributed by atoms with van der Waals surface area (Å²) in [6.45, 7) is 12.6. The molecule has 0 radical (unpaired) electrons. The lowest BCUT2D eigenvalue weighted by Gasteiger charge is -2.33. The number of hydrogen-bond acceptors (Lipinski definition) is 13. The summed E-state index contributed by atoms with van der Waals surface area (Å²) in [5.74, 6) is 1.95. The molecule has 0 bridgehead atoms. The second-order valence-corrected chi connectivity index (χ2v) is 26.2. The molecule has 0 saturated carbocycles. The molecule has 5 heterocycles. The van der Waals surface area contributed by atoms with Crippen molar-refractivity contribution >= 4 is 57.5 Å². The van der Waals surface area contributed by atoms with Gasteiger partial charge in [0.2, 0.25) is 0 Å². The zero-order chi connectivity index (χ0) is 65.7. The molecule has 508 valence electrons. The number of ether oxygens (including phenoxy) is 8. The Morgan fingerprint density at radius 2 is 0.745 bits per heavy atom. The smallest absolute Gasteiger partial charge is 0.344 e. The van der Waals surface area contributed by atoms with Crippen molar-refractivity contribution < 1.29 is 57.1 Å². The molecule has 14 rings (SSSR count). The van der Waals surface area contributed by atoms with E-state index in [0.717, 1.165) is 46.2 Å². The second kappa shape index (κ2) is 29.8. The van der Waals surface area contributed by atoms with Crippen LogP contribution in [-0.4, -0.2) is 52.3 Å². The van der Waals surface area contributed by atoms with Crippen LogP contribution in [-0.2, 0) is 24.6 Å². The second-order valence-electron chi connectivity index (χ2n) is 24.9. The van der Waals surface area contributed by atoms with Crippen LogP contribution in [0.4, 0.5) is 0 Å². The molecule has 0 fully saturated rings. The van der Waals surface area contributed by atoms with Crippen molar-refractivity contribution in [2.24, 2.45) is 0 Å². The number of rotatable bonds is 20. The number of esters is 4. The summed E-state index contributed by atoms with van der Waals surface area (Å²) < 4.78 is 44.9. The van der Waals surface area contributed by atoms with Gasteiger partial charge >= 0.3 is 23.9 Å². The van der Waals surface area contributed by atoms with Gasteiger partial charge in [-0.2, -0.15) is 0 Å². The molecule has 12 nitrogen and oxygen atoms in total. The van der Waals surface area contributed by atoms with Crippen LogP contribution in [0.2, 0.25) is 0 Å². The summed E-state index contributed by atoms with van der Waals surface area (Å²) in [5, 5.41) is 2.33. The van der Waals surface area contributed by atoms with Gasteiger partial charge in [-0.05, 0) is 180 Å². The molecule has 0 atom stereocenters. The first kappa shape index (κ1) is 72.3. The van der Waals surface area contributed by atoms with Crippen LogP contribution < -0.4 is 58.8 Å². The molecule has 0 amide bonds. The van der Waals surface area contributed by atoms with Crippen LogP contribution in [0.15, 0.2) is 146 Å². The predicted molar refractivity (Wildman–Crippen MR) is 394 cm³/mol. The number of carbonyl (C=O) groups excluding carboxylic acids is 4. The minimum atomic E-state index is -0.478. The standard InChI is InChI=1S/C51H52O6.C30H22O6S.4CH4/c1-7-9-11-13-23-51(24-14-12-10-8-2)41-25-31(3)15-21-37(41)38-22-20-35(27-42(38)51)33-16-18-34(19-17-33)46-39-29-44-40(30-43(39)56-49(46)52)47(50(53)57-44)36-26-32(4)48(55-6)45(28-36)54-5;1-15-11-19(12-24(33-3)28(15)34-4)27-21-14-22-20(13-23(21)36-30(27)32)26(29(31)35-22)18-8-6-17(7-9-18)25-10-5-16(2)37-25;;;;/h15-22,25-30H,7-14,23-24H2,1-6H3;5-14H,1-4H3;4*1H4. The highest BCUT2D eigenvalue weighted by Gasteiger charge is 2.43. The lowest BCUT2D eigenvalue weighted by Crippen LogP contribution is -2.25. The van der Waals surface area contributed by atoms with Crippen molar-refractivity contribution in [3.8, 4) is 78.7 Å². The molecule has 8 aromatic carbocycles. The Labute approximate surface area is 580 Å². The van der Waals surface area contributed by atoms with E-state index in [1.54, 1.807) is 76.2 Å². The van der Waals surface area contributed by atoms with Crippen LogP contribution in [0, 0.1) is 27.7 Å². The number of methoxy groups -OCH3 is 4. The van der Waals surface area contributed by atoms with E-state index >= 15 is 0 Å².